The number of nitrogens with zero attached hydrogens (tertiary/aromatic N) is 2. The van der Waals surface area contributed by atoms with Crippen molar-refractivity contribution in [1.82, 2.24) is 9.55 Å². The van der Waals surface area contributed by atoms with Gasteiger partial charge in [-0.2, -0.15) is 0 Å². The summed E-state index contributed by atoms with van der Waals surface area (Å²) in [6.07, 6.45) is 9.69. The maximum Gasteiger partial charge on any atom is 0.303 e. The van der Waals surface area contributed by atoms with E-state index in [-0.39, 0.29) is 0 Å². The number of hydrogen-bond acceptors (Lipinski definition) is 4. The van der Waals surface area contributed by atoms with Gasteiger partial charge < -0.3 is 19.9 Å². The van der Waals surface area contributed by atoms with Crippen LogP contribution in [0.25, 0.3) is 0 Å². The zero-order valence-corrected chi connectivity index (χ0v) is 14.9. The highest BCUT2D eigenvalue weighted by molar-refractivity contribution is 5.66. The zero-order valence-electron chi connectivity index (χ0n) is 14.9. The van der Waals surface area contributed by atoms with Gasteiger partial charge in [0.25, 0.3) is 5.97 Å². The Balaban J connectivity index is -0.000000252. The molecule has 0 spiro atoms. The van der Waals surface area contributed by atoms with Crippen LogP contribution in [0, 0.1) is 0 Å². The van der Waals surface area contributed by atoms with E-state index in [1.54, 1.807) is 12.5 Å². The highest BCUT2D eigenvalue weighted by Gasteiger charge is 1.92. The minimum absolute atomic E-state index is 0.292. The largest absolute Gasteiger partial charge is 0.481 e. The van der Waals surface area contributed by atoms with Gasteiger partial charge in [0.05, 0.1) is 6.33 Å². The fraction of sp³-hybridized carbons (Fsp3) is 0.625. The van der Waals surface area contributed by atoms with Crippen LogP contribution in [-0.2, 0) is 21.4 Å². The molecule has 140 valence electrons. The number of hydrogen-bond donors (Lipinski definition) is 3. The summed E-state index contributed by atoms with van der Waals surface area (Å²) < 4.78 is 1.89. The van der Waals surface area contributed by atoms with Crippen molar-refractivity contribution in [3.05, 3.63) is 18.7 Å². The number of aliphatic carboxylic acids is 3. The normalized spacial score (nSPS) is 8.33. The second-order valence-corrected chi connectivity index (χ2v) is 4.74. The van der Waals surface area contributed by atoms with Crippen LogP contribution in [0.5, 0.6) is 0 Å². The van der Waals surface area contributed by atoms with E-state index in [1.165, 1.54) is 0 Å². The summed E-state index contributed by atoms with van der Waals surface area (Å²) in [7, 11) is 1.94. The number of aryl methyl sites for hydroxylation is 1. The number of rotatable bonds is 6. The molecule has 0 saturated carbocycles. The quantitative estimate of drug-likeness (QED) is 0.675. The average molecular weight is 346 g/mol. The molecule has 0 unspecified atom stereocenters. The molecule has 0 saturated heterocycles. The standard InChI is InChI=1S/C6H12O2.C4H6N2.C4H8O2.C2H4O2/c1-2-3-4-5-6(7)8;1-6-3-2-5-4-6;1-2-3-4(5)6;1-2(3)4/h2-5H2,1H3,(H,7,8);2-4H,1H3;2-3H2,1H3,(H,5,6);1H3,(H,3,4). The molecule has 0 aromatic carbocycles. The van der Waals surface area contributed by atoms with Crippen LogP contribution in [0.4, 0.5) is 0 Å². The lowest BCUT2D eigenvalue weighted by molar-refractivity contribution is -0.138. The van der Waals surface area contributed by atoms with E-state index in [4.69, 9.17) is 20.1 Å². The van der Waals surface area contributed by atoms with Crippen molar-refractivity contribution >= 4 is 17.9 Å². The van der Waals surface area contributed by atoms with Gasteiger partial charge in [-0.3, -0.25) is 14.4 Å². The second kappa shape index (κ2) is 20.6. The van der Waals surface area contributed by atoms with Crippen molar-refractivity contribution in [1.29, 1.82) is 0 Å². The van der Waals surface area contributed by atoms with E-state index in [0.29, 0.717) is 12.8 Å². The van der Waals surface area contributed by atoms with E-state index in [9.17, 15) is 9.59 Å². The van der Waals surface area contributed by atoms with Crippen LogP contribution < -0.4 is 0 Å². The van der Waals surface area contributed by atoms with Crippen LogP contribution >= 0.6 is 0 Å². The van der Waals surface area contributed by atoms with Crippen molar-refractivity contribution in [2.24, 2.45) is 7.05 Å². The first kappa shape index (κ1) is 26.5. The third-order valence-corrected chi connectivity index (χ3v) is 2.09. The highest BCUT2D eigenvalue weighted by atomic mass is 16.4. The highest BCUT2D eigenvalue weighted by Crippen LogP contribution is 1.97. The van der Waals surface area contributed by atoms with Crippen molar-refractivity contribution in [2.45, 2.75) is 59.3 Å². The van der Waals surface area contributed by atoms with Crippen LogP contribution in [0.15, 0.2) is 18.7 Å². The molecule has 24 heavy (non-hydrogen) atoms. The maximum atomic E-state index is 9.87. The lowest BCUT2D eigenvalue weighted by Gasteiger charge is -1.89. The number of carboxylic acids is 3. The lowest BCUT2D eigenvalue weighted by atomic mass is 10.2. The first-order valence-electron chi connectivity index (χ1n) is 7.72. The molecular formula is C16H30N2O6. The first-order chi connectivity index (χ1) is 11.2. The van der Waals surface area contributed by atoms with Gasteiger partial charge in [0.15, 0.2) is 0 Å². The van der Waals surface area contributed by atoms with Gasteiger partial charge >= 0.3 is 11.9 Å². The monoisotopic (exact) mass is 346 g/mol. The maximum absolute atomic E-state index is 9.87. The van der Waals surface area contributed by atoms with Crippen molar-refractivity contribution in [2.75, 3.05) is 0 Å². The summed E-state index contributed by atoms with van der Waals surface area (Å²) in [6.45, 7) is 4.98. The molecule has 0 bridgehead atoms. The summed E-state index contributed by atoms with van der Waals surface area (Å²) >= 11 is 0. The Morgan fingerprint density at radius 1 is 0.958 bits per heavy atom. The molecule has 1 aromatic heterocycles. The van der Waals surface area contributed by atoms with E-state index in [2.05, 4.69) is 11.9 Å². The van der Waals surface area contributed by atoms with E-state index in [1.807, 2.05) is 24.7 Å². The molecule has 0 fully saturated rings. The van der Waals surface area contributed by atoms with Crippen LogP contribution in [0.1, 0.15) is 59.3 Å². The number of imidazole rings is 1. The number of carbonyl (C=O) groups is 3. The molecule has 1 aromatic rings. The Hall–Kier alpha value is -2.38. The topological polar surface area (TPSA) is 130 Å². The summed E-state index contributed by atoms with van der Waals surface area (Å²) in [5.41, 5.74) is 0. The van der Waals surface area contributed by atoms with Gasteiger partial charge in [-0.15, -0.1) is 0 Å². The molecule has 0 amide bonds. The van der Waals surface area contributed by atoms with Crippen molar-refractivity contribution in [3.63, 3.8) is 0 Å². The molecule has 8 nitrogen and oxygen atoms in total. The molecule has 1 rings (SSSR count). The summed E-state index contributed by atoms with van der Waals surface area (Å²) in [6, 6.07) is 0. The predicted molar refractivity (Wildman–Crippen MR) is 90.8 cm³/mol. The Bertz CT molecular complexity index is 414. The van der Waals surface area contributed by atoms with Gasteiger partial charge in [-0.1, -0.05) is 26.7 Å². The predicted octanol–water partition coefficient (Wildman–Crippen LogP) is 3.03. The van der Waals surface area contributed by atoms with E-state index in [0.717, 1.165) is 32.6 Å². The minimum Gasteiger partial charge on any atom is -0.481 e. The lowest BCUT2D eigenvalue weighted by Crippen LogP contribution is -1.92. The van der Waals surface area contributed by atoms with Gasteiger partial charge in [-0.05, 0) is 12.8 Å². The van der Waals surface area contributed by atoms with Gasteiger partial charge in [0, 0.05) is 39.2 Å². The van der Waals surface area contributed by atoms with Gasteiger partial charge in [-0.25, -0.2) is 4.98 Å². The average Bonchev–Trinajstić information content (AvgIpc) is 2.90. The van der Waals surface area contributed by atoms with Crippen molar-refractivity contribution in [3.8, 4) is 0 Å². The second-order valence-electron chi connectivity index (χ2n) is 4.74. The SMILES string of the molecule is CC(=O)O.CCCC(=O)O.CCCCCC(=O)O.Cn1ccnc1. The van der Waals surface area contributed by atoms with Crippen LogP contribution in [-0.4, -0.2) is 42.8 Å². The number of carboxylic acid groups (broad SMARTS) is 3. The Morgan fingerprint density at radius 2 is 1.46 bits per heavy atom. The van der Waals surface area contributed by atoms with Crippen LogP contribution in [0.2, 0.25) is 0 Å². The number of unbranched alkanes of at least 4 members (excludes halogenated alkanes) is 2. The molecule has 8 heteroatoms. The molecule has 0 aliphatic heterocycles. The minimum atomic E-state index is -0.833. The smallest absolute Gasteiger partial charge is 0.303 e. The molecule has 0 aliphatic carbocycles. The Morgan fingerprint density at radius 3 is 1.62 bits per heavy atom. The van der Waals surface area contributed by atoms with E-state index >= 15 is 0 Å². The zero-order chi connectivity index (χ0) is 19.4. The fourth-order valence-electron chi connectivity index (χ4n) is 1.07. The molecular weight excluding hydrogens is 316 g/mol. The molecule has 1 heterocycles. The molecule has 0 radical (unpaired) electrons. The molecule has 0 atom stereocenters. The molecule has 0 aliphatic rings. The summed E-state index contributed by atoms with van der Waals surface area (Å²) in [5, 5.41) is 23.5. The third kappa shape index (κ3) is 42.7. The Labute approximate surface area is 143 Å². The summed E-state index contributed by atoms with van der Waals surface area (Å²) in [4.78, 5) is 32.3. The first-order valence-corrected chi connectivity index (χ1v) is 7.72. The third-order valence-electron chi connectivity index (χ3n) is 2.09. The van der Waals surface area contributed by atoms with Crippen molar-refractivity contribution < 1.29 is 29.7 Å². The van der Waals surface area contributed by atoms with Gasteiger partial charge in [0.2, 0.25) is 0 Å². The molecule has 3 N–H and O–H groups in total. The van der Waals surface area contributed by atoms with E-state index < -0.39 is 17.9 Å². The van der Waals surface area contributed by atoms with Crippen LogP contribution in [0.3, 0.4) is 0 Å². The Kier molecular flexibility index (Phi) is 22.8. The fourth-order valence-corrected chi connectivity index (χ4v) is 1.07. The number of aromatic nitrogens is 2. The summed E-state index contributed by atoms with van der Waals surface area (Å²) in [5.74, 6) is -2.23. The van der Waals surface area contributed by atoms with Gasteiger partial charge in [0.1, 0.15) is 0 Å².